The zero-order valence-electron chi connectivity index (χ0n) is 9.29. The summed E-state index contributed by atoms with van der Waals surface area (Å²) in [6, 6.07) is 3.47. The maximum Gasteiger partial charge on any atom is 0.250 e. The maximum absolute atomic E-state index is 11.4. The first-order valence-corrected chi connectivity index (χ1v) is 5.43. The molecule has 0 amide bonds. The number of rotatable bonds is 1. The molecular weight excluding hydrogens is 224 g/mol. The first-order valence-electron chi connectivity index (χ1n) is 5.43. The van der Waals surface area contributed by atoms with Gasteiger partial charge < -0.3 is 9.15 Å². The molecule has 0 unspecified atom stereocenters. The Kier molecular flexibility index (Phi) is 2.39. The Labute approximate surface area is 97.9 Å². The number of hydrogen-bond donors (Lipinski definition) is 0. The minimum absolute atomic E-state index is 0.0242. The Balaban J connectivity index is 1.82. The molecule has 2 aliphatic rings. The summed E-state index contributed by atoms with van der Waals surface area (Å²) in [7, 11) is 0. The third kappa shape index (κ3) is 1.82. The van der Waals surface area contributed by atoms with Crippen LogP contribution in [-0.4, -0.2) is 17.5 Å². The number of allylic oxidation sites excluding steroid dienone is 1. The van der Waals surface area contributed by atoms with Gasteiger partial charge >= 0.3 is 0 Å². The van der Waals surface area contributed by atoms with Crippen LogP contribution in [-0.2, 0) is 19.3 Å². The number of hydrogen-bond acceptors (Lipinski definition) is 5. The summed E-state index contributed by atoms with van der Waals surface area (Å²) in [5.74, 6) is 0.547. The third-order valence-corrected chi connectivity index (χ3v) is 3.00. The second kappa shape index (κ2) is 3.80. The summed E-state index contributed by atoms with van der Waals surface area (Å²) >= 11 is 0. The fourth-order valence-corrected chi connectivity index (χ4v) is 1.94. The summed E-state index contributed by atoms with van der Waals surface area (Å²) in [5, 5.41) is 0. The van der Waals surface area contributed by atoms with Crippen molar-refractivity contribution in [1.82, 2.24) is 0 Å². The second-order valence-electron chi connectivity index (χ2n) is 4.34. The second-order valence-corrected chi connectivity index (χ2v) is 4.34. The number of carbonyl (C=O) groups excluding carboxylic acids is 1. The van der Waals surface area contributed by atoms with Gasteiger partial charge in [0.2, 0.25) is 6.29 Å². The zero-order chi connectivity index (χ0) is 11.9. The Hall–Kier alpha value is -1.43. The van der Waals surface area contributed by atoms with Crippen LogP contribution in [0.25, 0.3) is 0 Å². The molecule has 1 aliphatic heterocycles. The molecule has 0 N–H and O–H groups in total. The predicted molar refractivity (Wildman–Crippen MR) is 55.7 cm³/mol. The van der Waals surface area contributed by atoms with E-state index in [1.165, 1.54) is 12.3 Å². The van der Waals surface area contributed by atoms with E-state index in [9.17, 15) is 4.79 Å². The lowest BCUT2D eigenvalue weighted by Gasteiger charge is -2.41. The SMILES string of the molecule is C[C@@]12C=CC(=O)C[C@@H]1O[C@H](c1ccco1)OO2. The highest BCUT2D eigenvalue weighted by molar-refractivity contribution is 5.91. The molecule has 3 atom stereocenters. The zero-order valence-corrected chi connectivity index (χ0v) is 9.29. The number of ether oxygens (including phenoxy) is 1. The fourth-order valence-electron chi connectivity index (χ4n) is 1.94. The van der Waals surface area contributed by atoms with Crippen molar-refractivity contribution < 1.29 is 23.7 Å². The highest BCUT2D eigenvalue weighted by Gasteiger charge is 2.46. The molecule has 0 aromatic carbocycles. The summed E-state index contributed by atoms with van der Waals surface area (Å²) < 4.78 is 10.9. The van der Waals surface area contributed by atoms with Crippen molar-refractivity contribution in [2.24, 2.45) is 0 Å². The highest BCUT2D eigenvalue weighted by Crippen LogP contribution is 2.38. The van der Waals surface area contributed by atoms with Gasteiger partial charge in [-0.05, 0) is 31.2 Å². The van der Waals surface area contributed by atoms with Crippen molar-refractivity contribution >= 4 is 5.78 Å². The number of carbonyl (C=O) groups is 1. The summed E-state index contributed by atoms with van der Waals surface area (Å²) in [6.07, 6.45) is 3.90. The molecule has 0 bridgehead atoms. The van der Waals surface area contributed by atoms with Crippen LogP contribution in [0, 0.1) is 0 Å². The Morgan fingerprint density at radius 3 is 3.12 bits per heavy atom. The van der Waals surface area contributed by atoms with Crippen LogP contribution >= 0.6 is 0 Å². The van der Waals surface area contributed by atoms with Crippen LogP contribution in [0.4, 0.5) is 0 Å². The van der Waals surface area contributed by atoms with E-state index < -0.39 is 11.9 Å². The molecule has 3 rings (SSSR count). The Bertz CT molecular complexity index is 449. The van der Waals surface area contributed by atoms with E-state index in [0.717, 1.165) is 0 Å². The van der Waals surface area contributed by atoms with Crippen molar-refractivity contribution in [2.75, 3.05) is 0 Å². The van der Waals surface area contributed by atoms with E-state index in [4.69, 9.17) is 18.9 Å². The van der Waals surface area contributed by atoms with Gasteiger partial charge in [0.1, 0.15) is 11.7 Å². The van der Waals surface area contributed by atoms with Crippen molar-refractivity contribution in [2.45, 2.75) is 31.3 Å². The minimum Gasteiger partial charge on any atom is -0.464 e. The molecule has 0 spiro atoms. The van der Waals surface area contributed by atoms with Gasteiger partial charge in [0, 0.05) is 6.42 Å². The standard InChI is InChI=1S/C12H12O5/c1-12-5-4-8(13)7-10(12)15-11(16-17-12)9-3-2-6-14-9/h2-6,10-11H,7H2,1H3/t10-,11-,12+/m0/s1. The summed E-state index contributed by atoms with van der Waals surface area (Å²) in [4.78, 5) is 21.8. The fraction of sp³-hybridized carbons (Fsp3) is 0.417. The van der Waals surface area contributed by atoms with E-state index in [2.05, 4.69) is 0 Å². The van der Waals surface area contributed by atoms with Gasteiger partial charge in [0.15, 0.2) is 11.5 Å². The lowest BCUT2D eigenvalue weighted by atomic mass is 9.89. The van der Waals surface area contributed by atoms with Crippen LogP contribution in [0.3, 0.4) is 0 Å². The number of ketones is 1. The lowest BCUT2D eigenvalue weighted by molar-refractivity contribution is -0.482. The third-order valence-electron chi connectivity index (χ3n) is 3.00. The molecule has 0 saturated carbocycles. The van der Waals surface area contributed by atoms with Gasteiger partial charge in [-0.25, -0.2) is 4.89 Å². The van der Waals surface area contributed by atoms with E-state index in [1.807, 2.05) is 6.92 Å². The predicted octanol–water partition coefficient (Wildman–Crippen LogP) is 1.91. The first-order chi connectivity index (χ1) is 8.17. The monoisotopic (exact) mass is 236 g/mol. The van der Waals surface area contributed by atoms with Crippen molar-refractivity contribution in [3.63, 3.8) is 0 Å². The Morgan fingerprint density at radius 1 is 1.47 bits per heavy atom. The van der Waals surface area contributed by atoms with Gasteiger partial charge in [-0.15, -0.1) is 0 Å². The maximum atomic E-state index is 11.4. The van der Waals surface area contributed by atoms with E-state index >= 15 is 0 Å². The summed E-state index contributed by atoms with van der Waals surface area (Å²) in [6.45, 7) is 1.82. The average Bonchev–Trinajstić information content (AvgIpc) is 2.83. The molecule has 1 aliphatic carbocycles. The van der Waals surface area contributed by atoms with Gasteiger partial charge in [-0.3, -0.25) is 4.79 Å². The highest BCUT2D eigenvalue weighted by atomic mass is 17.2. The lowest BCUT2D eigenvalue weighted by Crippen LogP contribution is -2.50. The molecule has 90 valence electrons. The molecule has 5 nitrogen and oxygen atoms in total. The van der Waals surface area contributed by atoms with Crippen molar-refractivity contribution in [3.8, 4) is 0 Å². The topological polar surface area (TPSA) is 57.9 Å². The van der Waals surface area contributed by atoms with Gasteiger partial charge in [0.05, 0.1) is 6.26 Å². The van der Waals surface area contributed by atoms with Crippen LogP contribution in [0.5, 0.6) is 0 Å². The van der Waals surface area contributed by atoms with E-state index in [1.54, 1.807) is 18.2 Å². The molecule has 0 radical (unpaired) electrons. The Morgan fingerprint density at radius 2 is 2.35 bits per heavy atom. The van der Waals surface area contributed by atoms with E-state index in [-0.39, 0.29) is 18.3 Å². The van der Waals surface area contributed by atoms with Crippen molar-refractivity contribution in [3.05, 3.63) is 36.3 Å². The molecule has 1 fully saturated rings. The quantitative estimate of drug-likeness (QED) is 0.697. The summed E-state index contributed by atoms with van der Waals surface area (Å²) in [5.41, 5.74) is -0.711. The van der Waals surface area contributed by atoms with Gasteiger partial charge in [-0.1, -0.05) is 0 Å². The van der Waals surface area contributed by atoms with Crippen molar-refractivity contribution in [1.29, 1.82) is 0 Å². The van der Waals surface area contributed by atoms with E-state index in [0.29, 0.717) is 5.76 Å². The average molecular weight is 236 g/mol. The molecule has 5 heteroatoms. The van der Waals surface area contributed by atoms with Crippen LogP contribution < -0.4 is 0 Å². The number of furan rings is 1. The molecule has 1 aromatic rings. The normalized spacial score (nSPS) is 36.9. The number of fused-ring (bicyclic) bond motifs is 1. The molecule has 2 heterocycles. The molecule has 1 aromatic heterocycles. The molecular formula is C12H12O5. The minimum atomic E-state index is -0.720. The van der Waals surface area contributed by atoms with Crippen LogP contribution in [0.2, 0.25) is 0 Å². The largest absolute Gasteiger partial charge is 0.464 e. The molecule has 1 saturated heterocycles. The van der Waals surface area contributed by atoms with Gasteiger partial charge in [0.25, 0.3) is 0 Å². The molecule has 17 heavy (non-hydrogen) atoms. The van der Waals surface area contributed by atoms with Gasteiger partial charge in [-0.2, -0.15) is 4.89 Å². The van der Waals surface area contributed by atoms with Crippen LogP contribution in [0.1, 0.15) is 25.4 Å². The smallest absolute Gasteiger partial charge is 0.250 e. The first kappa shape index (κ1) is 10.7. The van der Waals surface area contributed by atoms with Crippen LogP contribution in [0.15, 0.2) is 35.0 Å².